The van der Waals surface area contributed by atoms with Gasteiger partial charge in [0.25, 0.3) is 0 Å². The third-order valence-electron chi connectivity index (χ3n) is 3.11. The number of anilines is 1. The minimum atomic E-state index is -1.11. The van der Waals surface area contributed by atoms with Gasteiger partial charge in [-0.05, 0) is 24.1 Å². The molecule has 22 heavy (non-hydrogen) atoms. The van der Waals surface area contributed by atoms with E-state index in [1.807, 2.05) is 24.3 Å². The van der Waals surface area contributed by atoms with Crippen molar-refractivity contribution in [1.29, 1.82) is 0 Å². The first-order valence-electron chi connectivity index (χ1n) is 6.73. The smallest absolute Gasteiger partial charge is 0.356 e. The Morgan fingerprint density at radius 2 is 2.14 bits per heavy atom. The zero-order chi connectivity index (χ0) is 15.9. The lowest BCUT2D eigenvalue weighted by atomic mass is 10.0. The first-order chi connectivity index (χ1) is 10.6. The molecule has 0 saturated heterocycles. The van der Waals surface area contributed by atoms with Crippen molar-refractivity contribution < 1.29 is 15.0 Å². The fourth-order valence-electron chi connectivity index (χ4n) is 1.98. The predicted molar refractivity (Wildman–Crippen MR) is 85.9 cm³/mol. The van der Waals surface area contributed by atoms with Gasteiger partial charge in [0.05, 0.1) is 12.4 Å². The van der Waals surface area contributed by atoms with Gasteiger partial charge in [0.2, 0.25) is 0 Å². The molecular formula is C15H16BrN3O3. The fourth-order valence-corrected chi connectivity index (χ4v) is 2.42. The minimum Gasteiger partial charge on any atom is -0.476 e. The summed E-state index contributed by atoms with van der Waals surface area (Å²) < 4.78 is 1.00. The first-order valence-corrected chi connectivity index (χ1v) is 7.52. The first kappa shape index (κ1) is 16.4. The van der Waals surface area contributed by atoms with Gasteiger partial charge in [0.15, 0.2) is 5.69 Å². The number of halogens is 1. The molecular weight excluding hydrogens is 350 g/mol. The van der Waals surface area contributed by atoms with Crippen molar-refractivity contribution in [3.8, 4) is 0 Å². The summed E-state index contributed by atoms with van der Waals surface area (Å²) in [5, 5.41) is 21.3. The molecule has 116 valence electrons. The molecule has 0 aliphatic heterocycles. The van der Waals surface area contributed by atoms with Crippen LogP contribution in [0.4, 0.5) is 5.82 Å². The number of carboxylic acid groups (broad SMARTS) is 1. The molecule has 6 nitrogen and oxygen atoms in total. The van der Waals surface area contributed by atoms with Crippen LogP contribution in [0, 0.1) is 5.92 Å². The summed E-state index contributed by atoms with van der Waals surface area (Å²) in [5.74, 6) is -0.602. The molecule has 0 fully saturated rings. The molecule has 0 radical (unpaired) electrons. The maximum atomic E-state index is 10.7. The Kier molecular flexibility index (Phi) is 5.85. The number of nitrogens with zero attached hydrogens (tertiary/aromatic N) is 2. The topological polar surface area (TPSA) is 95.3 Å². The van der Waals surface area contributed by atoms with Gasteiger partial charge in [-0.1, -0.05) is 28.1 Å². The van der Waals surface area contributed by atoms with Gasteiger partial charge >= 0.3 is 5.97 Å². The van der Waals surface area contributed by atoms with Gasteiger partial charge in [-0.25, -0.2) is 14.8 Å². The maximum absolute atomic E-state index is 10.7. The number of rotatable bonds is 7. The molecule has 7 heteroatoms. The number of benzene rings is 1. The standard InChI is InChI=1S/C15H16BrN3O3/c16-12-3-1-2-10(5-12)4-11(9-20)6-18-14-8-17-13(7-19-14)15(21)22/h1-3,5,7-8,11,20H,4,6,9H2,(H,18,19)(H,21,22). The van der Waals surface area contributed by atoms with Crippen LogP contribution < -0.4 is 5.32 Å². The number of hydrogen-bond acceptors (Lipinski definition) is 5. The highest BCUT2D eigenvalue weighted by Gasteiger charge is 2.10. The molecule has 2 aromatic rings. The van der Waals surface area contributed by atoms with Crippen molar-refractivity contribution in [2.45, 2.75) is 6.42 Å². The van der Waals surface area contributed by atoms with Crippen LogP contribution in [0.1, 0.15) is 16.1 Å². The Balaban J connectivity index is 1.91. The van der Waals surface area contributed by atoms with Crippen molar-refractivity contribution in [2.75, 3.05) is 18.5 Å². The van der Waals surface area contributed by atoms with Crippen LogP contribution in [-0.4, -0.2) is 39.3 Å². The van der Waals surface area contributed by atoms with E-state index in [9.17, 15) is 9.90 Å². The van der Waals surface area contributed by atoms with Crippen LogP contribution in [0.25, 0.3) is 0 Å². The molecule has 1 unspecified atom stereocenters. The molecule has 1 aromatic carbocycles. The van der Waals surface area contributed by atoms with Gasteiger partial charge in [-0.3, -0.25) is 0 Å². The van der Waals surface area contributed by atoms with E-state index in [0.717, 1.165) is 16.5 Å². The van der Waals surface area contributed by atoms with Crippen molar-refractivity contribution >= 4 is 27.7 Å². The number of carboxylic acids is 1. The number of hydrogen-bond donors (Lipinski definition) is 3. The van der Waals surface area contributed by atoms with Crippen molar-refractivity contribution in [3.05, 3.63) is 52.4 Å². The summed E-state index contributed by atoms with van der Waals surface area (Å²) in [6.45, 7) is 0.560. The average molecular weight is 366 g/mol. The summed E-state index contributed by atoms with van der Waals surface area (Å²) in [6.07, 6.45) is 3.30. The Labute approximate surface area is 136 Å². The largest absolute Gasteiger partial charge is 0.476 e. The van der Waals surface area contributed by atoms with E-state index in [1.54, 1.807) is 0 Å². The lowest BCUT2D eigenvalue weighted by Gasteiger charge is -2.15. The number of nitrogens with one attached hydrogen (secondary N) is 1. The van der Waals surface area contributed by atoms with Gasteiger partial charge < -0.3 is 15.5 Å². The van der Waals surface area contributed by atoms with E-state index in [0.29, 0.717) is 12.4 Å². The minimum absolute atomic E-state index is 0.0234. The molecule has 0 aliphatic carbocycles. The number of aromatic nitrogens is 2. The molecule has 1 aromatic heterocycles. The van der Waals surface area contributed by atoms with Crippen LogP contribution in [0.5, 0.6) is 0 Å². The molecule has 0 amide bonds. The number of aromatic carboxylic acids is 1. The lowest BCUT2D eigenvalue weighted by molar-refractivity contribution is 0.0690. The second kappa shape index (κ2) is 7.86. The average Bonchev–Trinajstić information content (AvgIpc) is 2.52. The van der Waals surface area contributed by atoms with E-state index in [2.05, 4.69) is 31.2 Å². The molecule has 0 saturated carbocycles. The Morgan fingerprint density at radius 3 is 2.73 bits per heavy atom. The zero-order valence-corrected chi connectivity index (χ0v) is 13.3. The monoisotopic (exact) mass is 365 g/mol. The summed E-state index contributed by atoms with van der Waals surface area (Å²) in [4.78, 5) is 18.5. The van der Waals surface area contributed by atoms with Crippen LogP contribution in [0.2, 0.25) is 0 Å². The molecule has 0 aliphatic rings. The van der Waals surface area contributed by atoms with Crippen LogP contribution in [0.3, 0.4) is 0 Å². The predicted octanol–water partition coefficient (Wildman–Crippen LogP) is 2.20. The molecule has 2 rings (SSSR count). The highest BCUT2D eigenvalue weighted by molar-refractivity contribution is 9.10. The Bertz CT molecular complexity index is 634. The SMILES string of the molecule is O=C(O)c1cnc(NCC(CO)Cc2cccc(Br)c2)cn1. The maximum Gasteiger partial charge on any atom is 0.356 e. The van der Waals surface area contributed by atoms with Crippen LogP contribution in [0.15, 0.2) is 41.1 Å². The van der Waals surface area contributed by atoms with Gasteiger partial charge in [-0.2, -0.15) is 0 Å². The molecule has 0 spiro atoms. The van der Waals surface area contributed by atoms with E-state index in [-0.39, 0.29) is 18.2 Å². The van der Waals surface area contributed by atoms with E-state index in [4.69, 9.17) is 5.11 Å². The van der Waals surface area contributed by atoms with Crippen LogP contribution >= 0.6 is 15.9 Å². The second-order valence-corrected chi connectivity index (χ2v) is 5.77. The van der Waals surface area contributed by atoms with E-state index in [1.165, 1.54) is 12.4 Å². The molecule has 3 N–H and O–H groups in total. The number of carbonyl (C=O) groups is 1. The van der Waals surface area contributed by atoms with Gasteiger partial charge in [0, 0.05) is 23.5 Å². The third-order valence-corrected chi connectivity index (χ3v) is 3.61. The highest BCUT2D eigenvalue weighted by Crippen LogP contribution is 2.15. The second-order valence-electron chi connectivity index (χ2n) is 4.86. The number of aliphatic hydroxyl groups is 1. The summed E-state index contributed by atoms with van der Waals surface area (Å²) in [6, 6.07) is 7.94. The summed E-state index contributed by atoms with van der Waals surface area (Å²) in [5.41, 5.74) is 1.03. The summed E-state index contributed by atoms with van der Waals surface area (Å²) >= 11 is 3.42. The van der Waals surface area contributed by atoms with Crippen molar-refractivity contribution in [2.24, 2.45) is 5.92 Å². The molecule has 1 atom stereocenters. The third kappa shape index (κ3) is 4.78. The van der Waals surface area contributed by atoms with Crippen LogP contribution in [-0.2, 0) is 6.42 Å². The molecule has 1 heterocycles. The Hall–Kier alpha value is -1.99. The van der Waals surface area contributed by atoms with E-state index >= 15 is 0 Å². The number of aliphatic hydroxyl groups excluding tert-OH is 1. The van der Waals surface area contributed by atoms with Crippen molar-refractivity contribution in [1.82, 2.24) is 9.97 Å². The summed E-state index contributed by atoms with van der Waals surface area (Å²) in [7, 11) is 0. The van der Waals surface area contributed by atoms with Gasteiger partial charge in [-0.15, -0.1) is 0 Å². The fraction of sp³-hybridized carbons (Fsp3) is 0.267. The lowest BCUT2D eigenvalue weighted by Crippen LogP contribution is -2.21. The van der Waals surface area contributed by atoms with Gasteiger partial charge in [0.1, 0.15) is 5.82 Å². The van der Waals surface area contributed by atoms with Crippen molar-refractivity contribution in [3.63, 3.8) is 0 Å². The Morgan fingerprint density at radius 1 is 1.32 bits per heavy atom. The van der Waals surface area contributed by atoms with E-state index < -0.39 is 5.97 Å². The normalized spacial score (nSPS) is 11.9. The quantitative estimate of drug-likeness (QED) is 0.696. The molecule has 0 bridgehead atoms. The highest BCUT2D eigenvalue weighted by atomic mass is 79.9. The zero-order valence-electron chi connectivity index (χ0n) is 11.7.